The van der Waals surface area contributed by atoms with Crippen LogP contribution in [0.3, 0.4) is 0 Å². The van der Waals surface area contributed by atoms with E-state index in [2.05, 4.69) is 62.4 Å². The highest BCUT2D eigenvalue weighted by atomic mass is 32.2. The summed E-state index contributed by atoms with van der Waals surface area (Å²) in [5.74, 6) is 0. The van der Waals surface area contributed by atoms with E-state index in [1.165, 1.54) is 23.5 Å². The molecule has 0 saturated carbocycles. The molecule has 0 unspecified atom stereocenters. The molecule has 0 aliphatic heterocycles. The van der Waals surface area contributed by atoms with Crippen molar-refractivity contribution >= 4 is 31.8 Å². The maximum atomic E-state index is 14.8. The second-order valence-corrected chi connectivity index (χ2v) is 14.4. The predicted molar refractivity (Wildman–Crippen MR) is 193 cm³/mol. The molecule has 0 fully saturated rings. The third-order valence-corrected chi connectivity index (χ3v) is 11.6. The summed E-state index contributed by atoms with van der Waals surface area (Å²) in [5, 5.41) is 0. The molecule has 230 valence electrons. The molecule has 0 aliphatic carbocycles. The second kappa shape index (κ2) is 14.7. The van der Waals surface area contributed by atoms with Crippen LogP contribution in [0.5, 0.6) is 0 Å². The molecule has 6 aromatic carbocycles. The van der Waals surface area contributed by atoms with Crippen molar-refractivity contribution in [1.82, 2.24) is 0 Å². The van der Waals surface area contributed by atoms with Gasteiger partial charge in [-0.1, -0.05) is 180 Å². The van der Waals surface area contributed by atoms with Crippen LogP contribution < -0.4 is 0 Å². The summed E-state index contributed by atoms with van der Waals surface area (Å²) < 4.78 is 28.5. The first-order valence-electron chi connectivity index (χ1n) is 15.1. The third-order valence-electron chi connectivity index (χ3n) is 7.63. The fourth-order valence-electron chi connectivity index (χ4n) is 5.28. The lowest BCUT2D eigenvalue weighted by Gasteiger charge is -2.37. The van der Waals surface area contributed by atoms with Gasteiger partial charge in [-0.25, -0.2) is 0 Å². The van der Waals surface area contributed by atoms with Gasteiger partial charge in [-0.2, -0.15) is 0 Å². The third kappa shape index (κ3) is 7.25. The fourth-order valence-corrected chi connectivity index (χ4v) is 9.22. The number of aryl methyl sites for hydroxylation is 2. The lowest BCUT2D eigenvalue weighted by Crippen LogP contribution is -2.29. The average molecular weight is 659 g/mol. The number of rotatable bonds is 12. The largest absolute Gasteiger partial charge is 0.323 e. The van der Waals surface area contributed by atoms with E-state index in [1.54, 1.807) is 0 Å². The van der Waals surface area contributed by atoms with E-state index in [9.17, 15) is 4.57 Å². The molecule has 0 N–H and O–H groups in total. The minimum atomic E-state index is -3.24. The molecule has 0 amide bonds. The standard InChI is InChI=1S/C40H35O3PS2/c1-31-23-27-37(28-24-31)45-39(33-15-7-3-8-16-33,34-17-9-4-10-18-34)42-44(41)43-40(35-19-11-5-12-20-35,36-21-13-6-14-22-36)46-38-29-25-32(2)26-30-38/h3-30,44H,1-2H3. The lowest BCUT2D eigenvalue weighted by atomic mass is 10.0. The van der Waals surface area contributed by atoms with Crippen molar-refractivity contribution in [3.05, 3.63) is 203 Å². The van der Waals surface area contributed by atoms with Crippen LogP contribution in [0.1, 0.15) is 33.4 Å². The second-order valence-electron chi connectivity index (χ2n) is 11.0. The van der Waals surface area contributed by atoms with Crippen LogP contribution in [0.15, 0.2) is 180 Å². The van der Waals surface area contributed by atoms with Crippen LogP contribution in [0.25, 0.3) is 0 Å². The van der Waals surface area contributed by atoms with Gasteiger partial charge in [0.1, 0.15) is 0 Å². The average Bonchev–Trinajstić information content (AvgIpc) is 3.11. The maximum absolute atomic E-state index is 14.8. The highest BCUT2D eigenvalue weighted by Gasteiger charge is 2.44. The summed E-state index contributed by atoms with van der Waals surface area (Å²) in [6.07, 6.45) is 0. The van der Waals surface area contributed by atoms with Crippen LogP contribution >= 0.6 is 31.8 Å². The Balaban J connectivity index is 1.49. The minimum absolute atomic E-state index is 0.866. The Morgan fingerprint density at radius 2 is 0.674 bits per heavy atom. The zero-order valence-corrected chi connectivity index (χ0v) is 28.3. The first-order valence-corrected chi connectivity index (χ1v) is 18.0. The van der Waals surface area contributed by atoms with Crippen LogP contribution in [-0.4, -0.2) is 0 Å². The number of hydrogen-bond donors (Lipinski definition) is 0. The van der Waals surface area contributed by atoms with Gasteiger partial charge < -0.3 is 0 Å². The maximum Gasteiger partial charge on any atom is 0.323 e. The lowest BCUT2D eigenvalue weighted by molar-refractivity contribution is 0.130. The van der Waals surface area contributed by atoms with Gasteiger partial charge >= 0.3 is 8.25 Å². The van der Waals surface area contributed by atoms with Crippen molar-refractivity contribution in [2.24, 2.45) is 0 Å². The Hall–Kier alpha value is -3.83. The molecule has 6 rings (SSSR count). The number of thioether (sulfide) groups is 2. The van der Waals surface area contributed by atoms with Crippen molar-refractivity contribution < 1.29 is 13.6 Å². The summed E-state index contributed by atoms with van der Waals surface area (Å²) >= 11 is 3.04. The fraction of sp³-hybridized carbons (Fsp3) is 0.100. The van der Waals surface area contributed by atoms with Crippen LogP contribution in [0.2, 0.25) is 0 Å². The molecule has 0 spiro atoms. The molecule has 3 nitrogen and oxygen atoms in total. The molecule has 6 heteroatoms. The summed E-state index contributed by atoms with van der Waals surface area (Å²) in [5.41, 5.74) is 5.79. The molecular weight excluding hydrogens is 624 g/mol. The Morgan fingerprint density at radius 1 is 0.413 bits per heavy atom. The predicted octanol–water partition coefficient (Wildman–Crippen LogP) is 11.4. The Morgan fingerprint density at radius 3 is 0.935 bits per heavy atom. The quantitative estimate of drug-likeness (QED) is 0.0743. The first kappa shape index (κ1) is 32.1. The van der Waals surface area contributed by atoms with E-state index in [0.29, 0.717) is 0 Å². The van der Waals surface area contributed by atoms with Crippen LogP contribution in [0, 0.1) is 13.8 Å². The zero-order valence-electron chi connectivity index (χ0n) is 25.7. The summed E-state index contributed by atoms with van der Waals surface area (Å²) in [6, 6.07) is 56.5. The Kier molecular flexibility index (Phi) is 10.3. The molecule has 0 bridgehead atoms. The molecule has 0 aliphatic rings. The molecular formula is C40H35O3PS2. The molecule has 0 atom stereocenters. The number of benzene rings is 6. The van der Waals surface area contributed by atoms with Gasteiger partial charge in [-0.15, -0.1) is 0 Å². The van der Waals surface area contributed by atoms with E-state index in [0.717, 1.165) is 43.2 Å². The smallest absolute Gasteiger partial charge is 0.283 e. The summed E-state index contributed by atoms with van der Waals surface area (Å²) in [4.78, 5) is -0.359. The van der Waals surface area contributed by atoms with Crippen molar-refractivity contribution in [1.29, 1.82) is 0 Å². The zero-order chi connectivity index (χ0) is 31.8. The van der Waals surface area contributed by atoms with Gasteiger partial charge in [-0.3, -0.25) is 13.6 Å². The first-order chi connectivity index (χ1) is 22.5. The van der Waals surface area contributed by atoms with E-state index in [-0.39, 0.29) is 0 Å². The van der Waals surface area contributed by atoms with E-state index >= 15 is 0 Å². The molecule has 0 heterocycles. The van der Waals surface area contributed by atoms with Crippen molar-refractivity contribution in [3.63, 3.8) is 0 Å². The number of hydrogen-bond acceptors (Lipinski definition) is 5. The van der Waals surface area contributed by atoms with E-state index in [4.69, 9.17) is 9.05 Å². The molecule has 0 aromatic heterocycles. The van der Waals surface area contributed by atoms with Gasteiger partial charge in [0.05, 0.1) is 0 Å². The molecule has 6 aromatic rings. The molecule has 0 radical (unpaired) electrons. The van der Waals surface area contributed by atoms with Crippen molar-refractivity contribution in [2.75, 3.05) is 0 Å². The molecule has 46 heavy (non-hydrogen) atoms. The summed E-state index contributed by atoms with van der Waals surface area (Å²) in [6.45, 7) is 4.13. The van der Waals surface area contributed by atoms with E-state index < -0.39 is 18.1 Å². The Labute approximate surface area is 281 Å². The van der Waals surface area contributed by atoms with Gasteiger partial charge in [0.25, 0.3) is 0 Å². The van der Waals surface area contributed by atoms with Gasteiger partial charge in [-0.05, 0) is 60.4 Å². The molecule has 0 saturated heterocycles. The van der Waals surface area contributed by atoms with Crippen molar-refractivity contribution in [2.45, 2.75) is 33.5 Å². The minimum Gasteiger partial charge on any atom is -0.283 e. The topological polar surface area (TPSA) is 35.5 Å². The Bertz CT molecular complexity index is 1630. The van der Waals surface area contributed by atoms with Crippen molar-refractivity contribution in [3.8, 4) is 0 Å². The van der Waals surface area contributed by atoms with Gasteiger partial charge in [0, 0.05) is 9.79 Å². The normalized spacial score (nSPS) is 11.9. The van der Waals surface area contributed by atoms with Crippen LogP contribution in [0.4, 0.5) is 0 Å². The highest BCUT2D eigenvalue weighted by Crippen LogP contribution is 2.58. The van der Waals surface area contributed by atoms with Crippen LogP contribution in [-0.2, 0) is 23.5 Å². The van der Waals surface area contributed by atoms with Gasteiger partial charge in [0.15, 0.2) is 9.87 Å². The van der Waals surface area contributed by atoms with E-state index in [1.807, 2.05) is 121 Å². The monoisotopic (exact) mass is 658 g/mol. The summed E-state index contributed by atoms with van der Waals surface area (Å²) in [7, 11) is -3.24. The highest BCUT2D eigenvalue weighted by molar-refractivity contribution is 8.00. The SMILES string of the molecule is Cc1ccc(SC(O[PH](=O)OC(Sc2ccc(C)cc2)(c2ccccc2)c2ccccc2)(c2ccccc2)c2ccccc2)cc1. The van der Waals surface area contributed by atoms with Gasteiger partial charge in [0.2, 0.25) is 0 Å².